The summed E-state index contributed by atoms with van der Waals surface area (Å²) in [5.74, 6) is -0.339. The van der Waals surface area contributed by atoms with E-state index in [1.165, 1.54) is 0 Å². The minimum Gasteiger partial charge on any atom is -0.390 e. The van der Waals surface area contributed by atoms with Crippen LogP contribution in [0, 0.1) is 5.92 Å². The average molecular weight is 162 g/mol. The predicted molar refractivity (Wildman–Crippen MR) is 37.7 cm³/mol. The van der Waals surface area contributed by atoms with Crippen LogP contribution in [0.2, 0.25) is 0 Å². The van der Waals surface area contributed by atoms with Crippen molar-refractivity contribution in [1.82, 2.24) is 0 Å². The van der Waals surface area contributed by atoms with Crippen LogP contribution in [0.5, 0.6) is 0 Å². The third kappa shape index (κ3) is 1.54. The molecule has 1 fully saturated rings. The Morgan fingerprint density at radius 3 is 2.09 bits per heavy atom. The van der Waals surface area contributed by atoms with Gasteiger partial charge in [0.1, 0.15) is 6.10 Å². The van der Waals surface area contributed by atoms with Gasteiger partial charge in [-0.25, -0.2) is 0 Å². The van der Waals surface area contributed by atoms with Crippen LogP contribution in [-0.4, -0.2) is 39.9 Å². The Morgan fingerprint density at radius 2 is 1.55 bits per heavy atom. The third-order valence-corrected chi connectivity index (χ3v) is 2.20. The van der Waals surface area contributed by atoms with Gasteiger partial charge in [0.15, 0.2) is 6.29 Å². The van der Waals surface area contributed by atoms with Crippen molar-refractivity contribution >= 4 is 0 Å². The molecule has 1 heterocycles. The van der Waals surface area contributed by atoms with Gasteiger partial charge in [0.25, 0.3) is 0 Å². The highest BCUT2D eigenvalue weighted by atomic mass is 16.6. The van der Waals surface area contributed by atoms with Crippen molar-refractivity contribution in [2.75, 3.05) is 0 Å². The second-order valence-corrected chi connectivity index (χ2v) is 3.07. The van der Waals surface area contributed by atoms with Crippen LogP contribution in [0.15, 0.2) is 0 Å². The number of hydrogen-bond donors (Lipinski definition) is 3. The van der Waals surface area contributed by atoms with Gasteiger partial charge in [-0.1, -0.05) is 6.92 Å². The fourth-order valence-corrected chi connectivity index (χ4v) is 1.27. The number of rotatable bonds is 0. The lowest BCUT2D eigenvalue weighted by atomic mass is 9.91. The van der Waals surface area contributed by atoms with Crippen LogP contribution in [0.25, 0.3) is 0 Å². The van der Waals surface area contributed by atoms with E-state index in [2.05, 4.69) is 0 Å². The molecule has 0 unspecified atom stereocenters. The SMILES string of the molecule is C[C@@H]1[C@@H](O)[C@H](O)O[C@H](C)[C@H]1O. The van der Waals surface area contributed by atoms with Crippen molar-refractivity contribution < 1.29 is 20.1 Å². The minimum absolute atomic E-state index is 0.339. The first-order valence-corrected chi connectivity index (χ1v) is 3.73. The van der Waals surface area contributed by atoms with Gasteiger partial charge in [0.2, 0.25) is 0 Å². The van der Waals surface area contributed by atoms with Crippen molar-refractivity contribution in [2.24, 2.45) is 5.92 Å². The highest BCUT2D eigenvalue weighted by molar-refractivity contribution is 4.83. The van der Waals surface area contributed by atoms with E-state index in [9.17, 15) is 10.2 Å². The summed E-state index contributed by atoms with van der Waals surface area (Å²) in [4.78, 5) is 0. The highest BCUT2D eigenvalue weighted by Gasteiger charge is 2.38. The van der Waals surface area contributed by atoms with Crippen LogP contribution in [0.4, 0.5) is 0 Å². The Hall–Kier alpha value is -0.160. The molecule has 0 radical (unpaired) electrons. The zero-order valence-electron chi connectivity index (χ0n) is 6.64. The first kappa shape index (κ1) is 8.93. The Balaban J connectivity index is 2.63. The smallest absolute Gasteiger partial charge is 0.181 e. The van der Waals surface area contributed by atoms with E-state index in [-0.39, 0.29) is 5.92 Å². The fraction of sp³-hybridized carbons (Fsp3) is 1.00. The van der Waals surface area contributed by atoms with Crippen LogP contribution in [0.3, 0.4) is 0 Å². The lowest BCUT2D eigenvalue weighted by molar-refractivity contribution is -0.260. The van der Waals surface area contributed by atoms with Crippen LogP contribution in [-0.2, 0) is 4.74 Å². The van der Waals surface area contributed by atoms with E-state index < -0.39 is 24.6 Å². The maximum atomic E-state index is 9.34. The molecule has 0 spiro atoms. The molecule has 3 N–H and O–H groups in total. The van der Waals surface area contributed by atoms with E-state index in [1.54, 1.807) is 13.8 Å². The molecule has 1 rings (SSSR count). The molecular weight excluding hydrogens is 148 g/mol. The quantitative estimate of drug-likeness (QED) is 0.431. The minimum atomic E-state index is -1.16. The molecule has 0 saturated carbocycles. The first-order chi connectivity index (χ1) is 5.04. The largest absolute Gasteiger partial charge is 0.390 e. The molecular formula is C7H14O4. The molecule has 4 heteroatoms. The maximum Gasteiger partial charge on any atom is 0.181 e. The summed E-state index contributed by atoms with van der Waals surface area (Å²) in [5, 5.41) is 27.6. The Labute approximate surface area is 65.4 Å². The van der Waals surface area contributed by atoms with Crippen molar-refractivity contribution in [3.05, 3.63) is 0 Å². The van der Waals surface area contributed by atoms with Gasteiger partial charge in [-0.05, 0) is 6.92 Å². The van der Waals surface area contributed by atoms with Gasteiger partial charge in [-0.3, -0.25) is 0 Å². The normalized spacial score (nSPS) is 52.6. The highest BCUT2D eigenvalue weighted by Crippen LogP contribution is 2.23. The second-order valence-electron chi connectivity index (χ2n) is 3.07. The van der Waals surface area contributed by atoms with Crippen LogP contribution < -0.4 is 0 Å². The summed E-state index contributed by atoms with van der Waals surface area (Å²) in [6, 6.07) is 0. The maximum absolute atomic E-state index is 9.34. The molecule has 0 bridgehead atoms. The lowest BCUT2D eigenvalue weighted by Gasteiger charge is -2.37. The zero-order chi connectivity index (χ0) is 8.59. The molecule has 0 aromatic carbocycles. The summed E-state index contributed by atoms with van der Waals surface area (Å²) in [6.45, 7) is 3.34. The molecule has 66 valence electrons. The topological polar surface area (TPSA) is 69.9 Å². The molecule has 1 aliphatic heterocycles. The molecule has 4 nitrogen and oxygen atoms in total. The number of ether oxygens (including phenoxy) is 1. The van der Waals surface area contributed by atoms with Gasteiger partial charge < -0.3 is 20.1 Å². The predicted octanol–water partition coefficient (Wildman–Crippen LogP) is -0.919. The van der Waals surface area contributed by atoms with Crippen molar-refractivity contribution in [1.29, 1.82) is 0 Å². The second kappa shape index (κ2) is 3.06. The van der Waals surface area contributed by atoms with Gasteiger partial charge in [0, 0.05) is 5.92 Å². The lowest BCUT2D eigenvalue weighted by Crippen LogP contribution is -2.51. The van der Waals surface area contributed by atoms with E-state index >= 15 is 0 Å². The van der Waals surface area contributed by atoms with E-state index in [4.69, 9.17) is 9.84 Å². The Kier molecular flexibility index (Phi) is 2.49. The molecule has 11 heavy (non-hydrogen) atoms. The number of aliphatic hydroxyl groups is 3. The summed E-state index contributed by atoms with van der Waals surface area (Å²) in [6.07, 6.45) is -3.26. The van der Waals surface area contributed by atoms with E-state index in [1.807, 2.05) is 0 Å². The molecule has 1 saturated heterocycles. The van der Waals surface area contributed by atoms with Gasteiger partial charge in [0.05, 0.1) is 12.2 Å². The summed E-state index contributed by atoms with van der Waals surface area (Å²) in [5.41, 5.74) is 0. The van der Waals surface area contributed by atoms with Crippen molar-refractivity contribution in [2.45, 2.75) is 38.4 Å². The molecule has 0 aromatic heterocycles. The summed E-state index contributed by atoms with van der Waals surface area (Å²) < 4.78 is 4.84. The van der Waals surface area contributed by atoms with Gasteiger partial charge in [-0.15, -0.1) is 0 Å². The molecule has 0 aromatic rings. The van der Waals surface area contributed by atoms with Gasteiger partial charge in [-0.2, -0.15) is 0 Å². The molecule has 5 atom stereocenters. The van der Waals surface area contributed by atoms with E-state index in [0.29, 0.717) is 0 Å². The number of aliphatic hydroxyl groups excluding tert-OH is 3. The van der Waals surface area contributed by atoms with Crippen LogP contribution >= 0.6 is 0 Å². The standard InChI is InChI=1S/C7H14O4/c1-3-5(8)4(2)11-7(10)6(3)9/h3-10H,1-2H3/t3-,4+,5-,6+,7+/m0/s1. The summed E-state index contributed by atoms with van der Waals surface area (Å²) in [7, 11) is 0. The van der Waals surface area contributed by atoms with Gasteiger partial charge >= 0.3 is 0 Å². The summed E-state index contributed by atoms with van der Waals surface area (Å²) >= 11 is 0. The first-order valence-electron chi connectivity index (χ1n) is 3.73. The average Bonchev–Trinajstić information content (AvgIpc) is 1.97. The van der Waals surface area contributed by atoms with Crippen molar-refractivity contribution in [3.63, 3.8) is 0 Å². The number of hydrogen-bond acceptors (Lipinski definition) is 4. The Bertz CT molecular complexity index is 124. The third-order valence-electron chi connectivity index (χ3n) is 2.20. The fourth-order valence-electron chi connectivity index (χ4n) is 1.27. The van der Waals surface area contributed by atoms with E-state index in [0.717, 1.165) is 0 Å². The Morgan fingerprint density at radius 1 is 1.00 bits per heavy atom. The monoisotopic (exact) mass is 162 g/mol. The molecule has 1 aliphatic rings. The van der Waals surface area contributed by atoms with Crippen LogP contribution in [0.1, 0.15) is 13.8 Å². The van der Waals surface area contributed by atoms with Crippen molar-refractivity contribution in [3.8, 4) is 0 Å². The zero-order valence-corrected chi connectivity index (χ0v) is 6.64. The molecule has 0 aliphatic carbocycles. The molecule has 0 amide bonds.